The summed E-state index contributed by atoms with van der Waals surface area (Å²) < 4.78 is 4.86. The zero-order valence-electron chi connectivity index (χ0n) is 9.05. The Bertz CT molecular complexity index is 186. The molecule has 14 heavy (non-hydrogen) atoms. The van der Waals surface area contributed by atoms with Crippen LogP contribution in [0.2, 0.25) is 0 Å². The Morgan fingerprint density at radius 1 is 1.43 bits per heavy atom. The van der Waals surface area contributed by atoms with E-state index in [1.165, 1.54) is 12.8 Å². The molecule has 1 fully saturated rings. The summed E-state index contributed by atoms with van der Waals surface area (Å²) in [5.74, 6) is -0.0888. The van der Waals surface area contributed by atoms with E-state index in [2.05, 4.69) is 0 Å². The maximum atomic E-state index is 11.1. The average molecular weight is 199 g/mol. The first-order valence-electron chi connectivity index (χ1n) is 5.61. The van der Waals surface area contributed by atoms with Crippen LogP contribution in [-0.4, -0.2) is 18.1 Å². The molecule has 2 N–H and O–H groups in total. The van der Waals surface area contributed by atoms with Gasteiger partial charge >= 0.3 is 5.97 Å². The molecule has 0 aromatic carbocycles. The first-order chi connectivity index (χ1) is 6.66. The Kier molecular flexibility index (Phi) is 4.39. The van der Waals surface area contributed by atoms with E-state index in [4.69, 9.17) is 10.5 Å². The van der Waals surface area contributed by atoms with E-state index in [1.807, 2.05) is 6.92 Å². The highest BCUT2D eigenvalue weighted by Crippen LogP contribution is 2.31. The molecular weight excluding hydrogens is 178 g/mol. The van der Waals surface area contributed by atoms with Gasteiger partial charge in [-0.15, -0.1) is 0 Å². The second-order valence-electron chi connectivity index (χ2n) is 4.23. The minimum absolute atomic E-state index is 0.0203. The fourth-order valence-corrected chi connectivity index (χ4v) is 2.15. The van der Waals surface area contributed by atoms with Crippen LogP contribution in [0.5, 0.6) is 0 Å². The molecule has 0 radical (unpaired) electrons. The largest absolute Gasteiger partial charge is 0.466 e. The third-order valence-corrected chi connectivity index (χ3v) is 2.96. The number of rotatable bonds is 5. The molecule has 0 heterocycles. The lowest BCUT2D eigenvalue weighted by Gasteiger charge is -2.22. The molecule has 0 aromatic heterocycles. The van der Waals surface area contributed by atoms with Crippen LogP contribution in [0.15, 0.2) is 0 Å². The van der Waals surface area contributed by atoms with Crippen LogP contribution in [0.3, 0.4) is 0 Å². The number of carbonyl (C=O) groups is 1. The summed E-state index contributed by atoms with van der Waals surface area (Å²) in [5, 5.41) is 0. The second-order valence-corrected chi connectivity index (χ2v) is 4.23. The fraction of sp³-hybridized carbons (Fsp3) is 0.909. The molecule has 0 amide bonds. The molecule has 3 nitrogen and oxygen atoms in total. The summed E-state index contributed by atoms with van der Waals surface area (Å²) >= 11 is 0. The van der Waals surface area contributed by atoms with Crippen LogP contribution in [0.25, 0.3) is 0 Å². The molecule has 0 aliphatic heterocycles. The molecular formula is C11H21NO2. The van der Waals surface area contributed by atoms with Crippen molar-refractivity contribution in [1.29, 1.82) is 0 Å². The van der Waals surface area contributed by atoms with Crippen molar-refractivity contribution in [2.24, 2.45) is 5.73 Å². The van der Waals surface area contributed by atoms with Gasteiger partial charge in [-0.25, -0.2) is 0 Å². The van der Waals surface area contributed by atoms with Crippen LogP contribution in [0, 0.1) is 0 Å². The zero-order valence-corrected chi connectivity index (χ0v) is 9.05. The minimum atomic E-state index is -0.0888. The first kappa shape index (κ1) is 11.5. The topological polar surface area (TPSA) is 52.3 Å². The Morgan fingerprint density at radius 3 is 2.64 bits per heavy atom. The van der Waals surface area contributed by atoms with Crippen molar-refractivity contribution in [2.45, 2.75) is 57.4 Å². The van der Waals surface area contributed by atoms with Gasteiger partial charge in [0.15, 0.2) is 0 Å². The first-order valence-corrected chi connectivity index (χ1v) is 5.61. The highest BCUT2D eigenvalue weighted by molar-refractivity contribution is 5.69. The van der Waals surface area contributed by atoms with E-state index < -0.39 is 0 Å². The average Bonchev–Trinajstić information content (AvgIpc) is 2.53. The van der Waals surface area contributed by atoms with Gasteiger partial charge in [0.05, 0.1) is 6.61 Å². The van der Waals surface area contributed by atoms with Gasteiger partial charge in [-0.3, -0.25) is 4.79 Å². The van der Waals surface area contributed by atoms with Gasteiger partial charge in [0.1, 0.15) is 0 Å². The van der Waals surface area contributed by atoms with Crippen molar-refractivity contribution in [2.75, 3.05) is 6.61 Å². The van der Waals surface area contributed by atoms with E-state index in [1.54, 1.807) is 0 Å². The van der Waals surface area contributed by atoms with Crippen LogP contribution < -0.4 is 5.73 Å². The number of nitrogens with two attached hydrogens (primary N) is 1. The Hall–Kier alpha value is -0.570. The predicted octanol–water partition coefficient (Wildman–Crippen LogP) is 1.99. The van der Waals surface area contributed by atoms with Gasteiger partial charge in [0.25, 0.3) is 0 Å². The molecule has 82 valence electrons. The molecule has 0 saturated heterocycles. The third kappa shape index (κ3) is 3.66. The molecule has 0 aromatic rings. The monoisotopic (exact) mass is 199 g/mol. The molecule has 0 bridgehead atoms. The number of ether oxygens (including phenoxy) is 1. The molecule has 3 heteroatoms. The molecule has 0 spiro atoms. The van der Waals surface area contributed by atoms with Crippen LogP contribution in [-0.2, 0) is 9.53 Å². The molecule has 1 rings (SSSR count). The summed E-state index contributed by atoms with van der Waals surface area (Å²) in [6.45, 7) is 2.31. The lowest BCUT2D eigenvalue weighted by molar-refractivity contribution is -0.143. The lowest BCUT2D eigenvalue weighted by Crippen LogP contribution is -2.36. The predicted molar refractivity (Wildman–Crippen MR) is 55.9 cm³/mol. The molecule has 0 atom stereocenters. The van der Waals surface area contributed by atoms with Gasteiger partial charge in [-0.2, -0.15) is 0 Å². The second kappa shape index (κ2) is 5.35. The number of esters is 1. The smallest absolute Gasteiger partial charge is 0.305 e. The summed E-state index contributed by atoms with van der Waals surface area (Å²) in [6.07, 6.45) is 7.09. The molecule has 1 aliphatic rings. The van der Waals surface area contributed by atoms with Gasteiger partial charge in [-0.1, -0.05) is 12.8 Å². The Balaban J connectivity index is 2.11. The van der Waals surface area contributed by atoms with Gasteiger partial charge in [0.2, 0.25) is 0 Å². The van der Waals surface area contributed by atoms with Crippen LogP contribution in [0.1, 0.15) is 51.9 Å². The van der Waals surface area contributed by atoms with Crippen molar-refractivity contribution in [1.82, 2.24) is 0 Å². The number of hydrogen-bond acceptors (Lipinski definition) is 3. The van der Waals surface area contributed by atoms with Gasteiger partial charge in [0, 0.05) is 12.0 Å². The van der Waals surface area contributed by atoms with Crippen molar-refractivity contribution in [3.63, 3.8) is 0 Å². The van der Waals surface area contributed by atoms with Gasteiger partial charge in [-0.05, 0) is 32.6 Å². The highest BCUT2D eigenvalue weighted by atomic mass is 16.5. The van der Waals surface area contributed by atoms with Crippen molar-refractivity contribution < 1.29 is 9.53 Å². The Labute approximate surface area is 86.0 Å². The normalized spacial score (nSPS) is 19.6. The summed E-state index contributed by atoms with van der Waals surface area (Å²) in [6, 6.07) is 0. The maximum Gasteiger partial charge on any atom is 0.305 e. The van der Waals surface area contributed by atoms with Crippen LogP contribution in [0.4, 0.5) is 0 Å². The third-order valence-electron chi connectivity index (χ3n) is 2.96. The van der Waals surface area contributed by atoms with E-state index in [9.17, 15) is 4.79 Å². The fourth-order valence-electron chi connectivity index (χ4n) is 2.15. The van der Waals surface area contributed by atoms with E-state index in [0.29, 0.717) is 13.0 Å². The minimum Gasteiger partial charge on any atom is -0.466 e. The number of carbonyl (C=O) groups excluding carboxylic acids is 1. The van der Waals surface area contributed by atoms with Crippen molar-refractivity contribution in [3.05, 3.63) is 0 Å². The standard InChI is InChI=1S/C11H21NO2/c1-2-14-10(13)6-5-9-11(12)7-3-4-8-11/h2-9,12H2,1H3. The quantitative estimate of drug-likeness (QED) is 0.689. The van der Waals surface area contributed by atoms with Crippen molar-refractivity contribution in [3.8, 4) is 0 Å². The van der Waals surface area contributed by atoms with E-state index >= 15 is 0 Å². The highest BCUT2D eigenvalue weighted by Gasteiger charge is 2.28. The van der Waals surface area contributed by atoms with E-state index in [-0.39, 0.29) is 11.5 Å². The summed E-state index contributed by atoms with van der Waals surface area (Å²) in [7, 11) is 0. The molecule has 1 aliphatic carbocycles. The summed E-state index contributed by atoms with van der Waals surface area (Å²) in [5.41, 5.74) is 6.19. The zero-order chi connectivity index (χ0) is 10.4. The Morgan fingerprint density at radius 2 is 2.07 bits per heavy atom. The molecule has 1 saturated carbocycles. The summed E-state index contributed by atoms with van der Waals surface area (Å²) in [4.78, 5) is 11.1. The lowest BCUT2D eigenvalue weighted by atomic mass is 9.92. The SMILES string of the molecule is CCOC(=O)CCCC1(N)CCCC1. The maximum absolute atomic E-state index is 11.1. The van der Waals surface area contributed by atoms with Gasteiger partial charge < -0.3 is 10.5 Å². The molecule has 0 unspecified atom stereocenters. The van der Waals surface area contributed by atoms with Crippen LogP contribution >= 0.6 is 0 Å². The van der Waals surface area contributed by atoms with E-state index in [0.717, 1.165) is 25.7 Å². The van der Waals surface area contributed by atoms with Crippen molar-refractivity contribution >= 4 is 5.97 Å². The number of hydrogen-bond donors (Lipinski definition) is 1.